The number of carbonyl (C=O) groups excluding carboxylic acids is 1. The monoisotopic (exact) mass is 310 g/mol. The molecule has 1 aromatic rings. The predicted molar refractivity (Wildman–Crippen MR) is 84.8 cm³/mol. The van der Waals surface area contributed by atoms with Crippen molar-refractivity contribution in [3.8, 4) is 5.75 Å². The van der Waals surface area contributed by atoms with Gasteiger partial charge in [0.1, 0.15) is 5.75 Å². The predicted octanol–water partition coefficient (Wildman–Crippen LogP) is 2.56. The van der Waals surface area contributed by atoms with Crippen molar-refractivity contribution in [3.63, 3.8) is 0 Å². The Kier molecular flexibility index (Phi) is 5.48. The second kappa shape index (κ2) is 7.14. The van der Waals surface area contributed by atoms with Crippen LogP contribution in [-0.4, -0.2) is 42.6 Å². The second-order valence-corrected chi connectivity index (χ2v) is 6.32. The lowest BCUT2D eigenvalue weighted by Gasteiger charge is -2.35. The average Bonchev–Trinajstić information content (AvgIpc) is 2.44. The zero-order valence-electron chi connectivity index (χ0n) is 12.8. The minimum atomic E-state index is -0.478. The summed E-state index contributed by atoms with van der Waals surface area (Å²) in [6.07, 6.45) is -0.478. The van der Waals surface area contributed by atoms with Gasteiger partial charge in [0.15, 0.2) is 6.10 Å². The van der Waals surface area contributed by atoms with Gasteiger partial charge in [-0.1, -0.05) is 31.5 Å². The van der Waals surface area contributed by atoms with E-state index in [2.05, 4.69) is 12.2 Å². The molecule has 0 aliphatic carbocycles. The van der Waals surface area contributed by atoms with Crippen LogP contribution in [-0.2, 0) is 4.79 Å². The topological polar surface area (TPSA) is 41.6 Å². The molecule has 21 heavy (non-hydrogen) atoms. The summed E-state index contributed by atoms with van der Waals surface area (Å²) in [5.74, 6) is 0.790. The van der Waals surface area contributed by atoms with Crippen molar-refractivity contribution in [1.29, 1.82) is 0 Å². The van der Waals surface area contributed by atoms with Crippen LogP contribution in [0, 0.1) is 5.92 Å². The maximum Gasteiger partial charge on any atom is 0.264 e. The molecule has 4 nitrogen and oxygen atoms in total. The molecule has 1 aliphatic heterocycles. The number of halogens is 1. The smallest absolute Gasteiger partial charge is 0.264 e. The SMILES string of the molecule is CC(C)C(Oc1cccc(Cl)c1)C(=O)N1CCN[C@H](C)C1. The Labute approximate surface area is 131 Å². The maximum absolute atomic E-state index is 12.7. The Morgan fingerprint density at radius 3 is 2.86 bits per heavy atom. The largest absolute Gasteiger partial charge is 0.480 e. The summed E-state index contributed by atoms with van der Waals surface area (Å²) in [7, 11) is 0. The Bertz CT molecular complexity index is 493. The molecule has 1 heterocycles. The summed E-state index contributed by atoms with van der Waals surface area (Å²) >= 11 is 5.97. The summed E-state index contributed by atoms with van der Waals surface area (Å²) in [5, 5.41) is 3.95. The molecule has 1 saturated heterocycles. The Morgan fingerprint density at radius 1 is 1.48 bits per heavy atom. The Hall–Kier alpha value is -1.26. The zero-order chi connectivity index (χ0) is 15.4. The second-order valence-electron chi connectivity index (χ2n) is 5.88. The van der Waals surface area contributed by atoms with E-state index in [-0.39, 0.29) is 11.8 Å². The average molecular weight is 311 g/mol. The zero-order valence-corrected chi connectivity index (χ0v) is 13.6. The fraction of sp³-hybridized carbons (Fsp3) is 0.562. The number of ether oxygens (including phenoxy) is 1. The molecule has 0 radical (unpaired) electrons. The minimum absolute atomic E-state index is 0.0540. The molecule has 1 amide bonds. The van der Waals surface area contributed by atoms with Crippen LogP contribution in [0.1, 0.15) is 20.8 Å². The van der Waals surface area contributed by atoms with E-state index in [1.807, 2.05) is 30.9 Å². The van der Waals surface area contributed by atoms with Crippen molar-refractivity contribution >= 4 is 17.5 Å². The number of carbonyl (C=O) groups is 1. The highest BCUT2D eigenvalue weighted by Crippen LogP contribution is 2.21. The number of hydrogen-bond donors (Lipinski definition) is 1. The number of hydrogen-bond acceptors (Lipinski definition) is 3. The standard InChI is InChI=1S/C16H23ClN2O2/c1-11(2)15(21-14-6-4-5-13(17)9-14)16(20)19-8-7-18-12(3)10-19/h4-6,9,11-12,15,18H,7-8,10H2,1-3H3/t12-,15?/m1/s1. The third-order valence-electron chi connectivity index (χ3n) is 3.59. The molecular weight excluding hydrogens is 288 g/mol. The van der Waals surface area contributed by atoms with Gasteiger partial charge in [0.25, 0.3) is 5.91 Å². The molecule has 116 valence electrons. The van der Waals surface area contributed by atoms with E-state index in [0.717, 1.165) is 19.6 Å². The maximum atomic E-state index is 12.7. The molecule has 1 aliphatic rings. The van der Waals surface area contributed by atoms with E-state index in [4.69, 9.17) is 16.3 Å². The fourth-order valence-corrected chi connectivity index (χ4v) is 2.65. The van der Waals surface area contributed by atoms with Crippen LogP contribution in [0.5, 0.6) is 5.75 Å². The molecule has 5 heteroatoms. The summed E-state index contributed by atoms with van der Waals surface area (Å²) in [5.41, 5.74) is 0. The number of benzene rings is 1. The molecule has 0 saturated carbocycles. The lowest BCUT2D eigenvalue weighted by atomic mass is 10.0. The van der Waals surface area contributed by atoms with E-state index in [1.54, 1.807) is 12.1 Å². The first-order valence-corrected chi connectivity index (χ1v) is 7.79. The lowest BCUT2D eigenvalue weighted by Crippen LogP contribution is -2.55. The third-order valence-corrected chi connectivity index (χ3v) is 3.82. The Balaban J connectivity index is 2.09. The van der Waals surface area contributed by atoms with Crippen molar-refractivity contribution < 1.29 is 9.53 Å². The van der Waals surface area contributed by atoms with Crippen LogP contribution >= 0.6 is 11.6 Å². The van der Waals surface area contributed by atoms with E-state index in [0.29, 0.717) is 16.8 Å². The van der Waals surface area contributed by atoms with E-state index in [1.165, 1.54) is 0 Å². The van der Waals surface area contributed by atoms with Gasteiger partial charge in [-0.05, 0) is 31.0 Å². The van der Waals surface area contributed by atoms with Gasteiger partial charge in [-0.2, -0.15) is 0 Å². The van der Waals surface area contributed by atoms with Crippen molar-refractivity contribution in [2.75, 3.05) is 19.6 Å². The van der Waals surface area contributed by atoms with Gasteiger partial charge in [0, 0.05) is 30.7 Å². The number of amides is 1. The van der Waals surface area contributed by atoms with Crippen LogP contribution in [0.25, 0.3) is 0 Å². The van der Waals surface area contributed by atoms with E-state index in [9.17, 15) is 4.79 Å². The first kappa shape index (κ1) is 16.1. The normalized spacial score (nSPS) is 20.4. The summed E-state index contributed by atoms with van der Waals surface area (Å²) in [6.45, 7) is 8.36. The number of rotatable bonds is 4. The van der Waals surface area contributed by atoms with Crippen LogP contribution in [0.15, 0.2) is 24.3 Å². The fourth-order valence-electron chi connectivity index (χ4n) is 2.47. The number of nitrogens with zero attached hydrogens (tertiary/aromatic N) is 1. The molecule has 0 bridgehead atoms. The lowest BCUT2D eigenvalue weighted by molar-refractivity contribution is -0.141. The van der Waals surface area contributed by atoms with Gasteiger partial charge >= 0.3 is 0 Å². The molecule has 2 rings (SSSR count). The quantitative estimate of drug-likeness (QED) is 0.929. The van der Waals surface area contributed by atoms with Crippen molar-refractivity contribution in [3.05, 3.63) is 29.3 Å². The molecule has 1 N–H and O–H groups in total. The highest BCUT2D eigenvalue weighted by atomic mass is 35.5. The molecule has 0 spiro atoms. The summed E-state index contributed by atoms with van der Waals surface area (Å²) < 4.78 is 5.91. The molecule has 1 aromatic carbocycles. The van der Waals surface area contributed by atoms with Gasteiger partial charge in [0.05, 0.1) is 0 Å². The van der Waals surface area contributed by atoms with Crippen LogP contribution in [0.4, 0.5) is 0 Å². The number of nitrogens with one attached hydrogen (secondary N) is 1. The third kappa shape index (κ3) is 4.35. The first-order chi connectivity index (χ1) is 9.97. The minimum Gasteiger partial charge on any atom is -0.480 e. The molecule has 2 atom stereocenters. The highest BCUT2D eigenvalue weighted by Gasteiger charge is 2.31. The summed E-state index contributed by atoms with van der Waals surface area (Å²) in [4.78, 5) is 14.6. The van der Waals surface area contributed by atoms with Crippen molar-refractivity contribution in [2.24, 2.45) is 5.92 Å². The Morgan fingerprint density at radius 2 is 2.24 bits per heavy atom. The van der Waals surface area contributed by atoms with Crippen molar-refractivity contribution in [2.45, 2.75) is 32.9 Å². The van der Waals surface area contributed by atoms with Gasteiger partial charge in [0.2, 0.25) is 0 Å². The molecule has 1 fully saturated rings. The van der Waals surface area contributed by atoms with Gasteiger partial charge in [-0.3, -0.25) is 4.79 Å². The van der Waals surface area contributed by atoms with Crippen LogP contribution in [0.2, 0.25) is 5.02 Å². The first-order valence-electron chi connectivity index (χ1n) is 7.41. The van der Waals surface area contributed by atoms with Gasteiger partial charge in [-0.25, -0.2) is 0 Å². The molecule has 0 aromatic heterocycles. The van der Waals surface area contributed by atoms with Gasteiger partial charge in [-0.15, -0.1) is 0 Å². The molecule has 1 unspecified atom stereocenters. The number of piperazine rings is 1. The van der Waals surface area contributed by atoms with Gasteiger partial charge < -0.3 is 15.0 Å². The van der Waals surface area contributed by atoms with Crippen molar-refractivity contribution in [1.82, 2.24) is 10.2 Å². The molecular formula is C16H23ClN2O2. The highest BCUT2D eigenvalue weighted by molar-refractivity contribution is 6.30. The van der Waals surface area contributed by atoms with E-state index >= 15 is 0 Å². The summed E-state index contributed by atoms with van der Waals surface area (Å²) in [6, 6.07) is 7.51. The van der Waals surface area contributed by atoms with E-state index < -0.39 is 6.10 Å². The van der Waals surface area contributed by atoms with Crippen LogP contribution in [0.3, 0.4) is 0 Å². The van der Waals surface area contributed by atoms with Crippen LogP contribution < -0.4 is 10.1 Å².